The average molecular weight is 135 g/mol. The highest BCUT2D eigenvalue weighted by Crippen LogP contribution is 1.91. The number of nitrogens with one attached hydrogen (secondary N) is 1. The van der Waals surface area contributed by atoms with E-state index in [-0.39, 0.29) is 0 Å². The van der Waals surface area contributed by atoms with Gasteiger partial charge in [0, 0.05) is 0 Å². The molecule has 0 bridgehead atoms. The smallest absolute Gasteiger partial charge is 0.163 e. The van der Waals surface area contributed by atoms with E-state index < -0.39 is 12.3 Å². The molecule has 0 spiro atoms. The normalized spacial score (nSPS) is 17.3. The van der Waals surface area contributed by atoms with Crippen LogP contribution in [0.5, 0.6) is 0 Å². The summed E-state index contributed by atoms with van der Waals surface area (Å²) in [5, 5.41) is 2.85. The van der Waals surface area contributed by atoms with E-state index >= 15 is 0 Å². The largest absolute Gasteiger partial charge is 0.324 e. The number of alkyl halides is 1. The zero-order valence-electron chi connectivity index (χ0n) is 5.60. The van der Waals surface area contributed by atoms with Gasteiger partial charge in [-0.2, -0.15) is 0 Å². The number of nitrogens with two attached hydrogens (primary N) is 2. The molecular weight excluding hydrogens is 121 g/mol. The molecule has 0 rings (SSSR count). The van der Waals surface area contributed by atoms with E-state index in [1.807, 2.05) is 0 Å². The van der Waals surface area contributed by atoms with E-state index in [0.717, 1.165) is 0 Å². The Kier molecular flexibility index (Phi) is 4.57. The lowest BCUT2D eigenvalue weighted by atomic mass is 10.2. The quantitative estimate of drug-likeness (QED) is 0.441. The molecule has 0 aromatic carbocycles. The molecule has 0 saturated carbocycles. The van der Waals surface area contributed by atoms with Crippen LogP contribution in [0.2, 0.25) is 0 Å². The van der Waals surface area contributed by atoms with E-state index in [1.54, 1.807) is 7.05 Å². The highest BCUT2D eigenvalue weighted by atomic mass is 19.1. The fourth-order valence-electron chi connectivity index (χ4n) is 0.470. The third kappa shape index (κ3) is 4.32. The van der Waals surface area contributed by atoms with Crippen molar-refractivity contribution in [2.24, 2.45) is 11.5 Å². The SMILES string of the molecule is CNCCC(N)C(N)F. The van der Waals surface area contributed by atoms with E-state index in [0.29, 0.717) is 13.0 Å². The Hall–Kier alpha value is -0.190. The minimum absolute atomic E-state index is 0.530. The lowest BCUT2D eigenvalue weighted by Crippen LogP contribution is -2.39. The fraction of sp³-hybridized carbons (Fsp3) is 1.00. The Labute approximate surface area is 54.6 Å². The summed E-state index contributed by atoms with van der Waals surface area (Å²) < 4.78 is 12.0. The predicted octanol–water partition coefficient (Wildman–Crippen LogP) is -0.822. The van der Waals surface area contributed by atoms with E-state index in [4.69, 9.17) is 11.5 Å². The van der Waals surface area contributed by atoms with Crippen LogP contribution < -0.4 is 16.8 Å². The molecule has 0 aliphatic rings. The Bertz CT molecular complexity index is 67.2. The van der Waals surface area contributed by atoms with Crippen molar-refractivity contribution >= 4 is 0 Å². The van der Waals surface area contributed by atoms with Gasteiger partial charge < -0.3 is 16.8 Å². The van der Waals surface area contributed by atoms with Gasteiger partial charge >= 0.3 is 0 Å². The molecule has 3 nitrogen and oxygen atoms in total. The Balaban J connectivity index is 3.16. The Morgan fingerprint density at radius 3 is 2.44 bits per heavy atom. The van der Waals surface area contributed by atoms with Gasteiger partial charge in [0.05, 0.1) is 6.04 Å². The lowest BCUT2D eigenvalue weighted by molar-refractivity contribution is 0.280. The molecule has 0 saturated heterocycles. The molecule has 0 amide bonds. The van der Waals surface area contributed by atoms with Crippen molar-refractivity contribution in [1.29, 1.82) is 0 Å². The molecule has 0 aromatic rings. The molecule has 0 aromatic heterocycles. The van der Waals surface area contributed by atoms with Crippen molar-refractivity contribution < 1.29 is 4.39 Å². The molecule has 2 unspecified atom stereocenters. The van der Waals surface area contributed by atoms with Crippen LogP contribution in [-0.2, 0) is 0 Å². The number of hydrogen-bond donors (Lipinski definition) is 3. The molecule has 0 fully saturated rings. The maximum atomic E-state index is 12.0. The van der Waals surface area contributed by atoms with Gasteiger partial charge in [0.25, 0.3) is 0 Å². The third-order valence-corrected chi connectivity index (χ3v) is 1.14. The molecule has 4 heteroatoms. The second-order valence-electron chi connectivity index (χ2n) is 2.00. The van der Waals surface area contributed by atoms with Crippen LogP contribution in [0.3, 0.4) is 0 Å². The van der Waals surface area contributed by atoms with Gasteiger partial charge in [-0.3, -0.25) is 0 Å². The molecule has 0 aliphatic carbocycles. The molecule has 2 atom stereocenters. The second-order valence-corrected chi connectivity index (χ2v) is 2.00. The summed E-state index contributed by atoms with van der Waals surface area (Å²) in [6, 6.07) is -0.530. The minimum Gasteiger partial charge on any atom is -0.324 e. The van der Waals surface area contributed by atoms with Gasteiger partial charge in [-0.25, -0.2) is 4.39 Å². The Morgan fingerprint density at radius 1 is 1.56 bits per heavy atom. The second kappa shape index (κ2) is 4.67. The van der Waals surface area contributed by atoms with Gasteiger partial charge in [0.15, 0.2) is 6.30 Å². The molecule has 0 aliphatic heterocycles. The van der Waals surface area contributed by atoms with Crippen molar-refractivity contribution in [3.05, 3.63) is 0 Å². The monoisotopic (exact) mass is 135 g/mol. The van der Waals surface area contributed by atoms with Crippen LogP contribution in [0.15, 0.2) is 0 Å². The van der Waals surface area contributed by atoms with Crippen molar-refractivity contribution in [2.45, 2.75) is 18.8 Å². The maximum absolute atomic E-state index is 12.0. The van der Waals surface area contributed by atoms with Crippen LogP contribution in [0.25, 0.3) is 0 Å². The van der Waals surface area contributed by atoms with Crippen molar-refractivity contribution in [3.8, 4) is 0 Å². The lowest BCUT2D eigenvalue weighted by Gasteiger charge is -2.10. The van der Waals surface area contributed by atoms with Gasteiger partial charge in [-0.15, -0.1) is 0 Å². The standard InChI is InChI=1S/C5H14FN3/c1-9-3-2-4(7)5(6)8/h4-5,9H,2-3,7-8H2,1H3. The third-order valence-electron chi connectivity index (χ3n) is 1.14. The summed E-state index contributed by atoms with van der Waals surface area (Å²) in [5.74, 6) is 0. The zero-order chi connectivity index (χ0) is 7.28. The first-order valence-electron chi connectivity index (χ1n) is 2.98. The number of rotatable bonds is 4. The van der Waals surface area contributed by atoms with Gasteiger partial charge in [-0.05, 0) is 20.0 Å². The highest BCUT2D eigenvalue weighted by molar-refractivity contribution is 4.66. The van der Waals surface area contributed by atoms with E-state index in [9.17, 15) is 4.39 Å². The van der Waals surface area contributed by atoms with E-state index in [1.165, 1.54) is 0 Å². The van der Waals surface area contributed by atoms with Crippen molar-refractivity contribution in [1.82, 2.24) is 5.32 Å². The van der Waals surface area contributed by atoms with Crippen molar-refractivity contribution in [3.63, 3.8) is 0 Å². The van der Waals surface area contributed by atoms with Crippen LogP contribution in [-0.4, -0.2) is 25.9 Å². The van der Waals surface area contributed by atoms with Gasteiger partial charge in [0.1, 0.15) is 0 Å². The summed E-state index contributed by atoms with van der Waals surface area (Å²) in [7, 11) is 1.79. The fourth-order valence-corrected chi connectivity index (χ4v) is 0.470. The van der Waals surface area contributed by atoms with Crippen LogP contribution in [0.4, 0.5) is 4.39 Å². The average Bonchev–Trinajstić information content (AvgIpc) is 1.82. The molecule has 5 N–H and O–H groups in total. The summed E-state index contributed by atoms with van der Waals surface area (Å²) in [5.41, 5.74) is 10.1. The highest BCUT2D eigenvalue weighted by Gasteiger charge is 2.09. The molecule has 0 radical (unpaired) electrons. The first-order chi connectivity index (χ1) is 4.18. The molecule has 56 valence electrons. The van der Waals surface area contributed by atoms with Gasteiger partial charge in [-0.1, -0.05) is 0 Å². The Morgan fingerprint density at radius 2 is 2.11 bits per heavy atom. The molecular formula is C5H14FN3. The first kappa shape index (κ1) is 8.81. The van der Waals surface area contributed by atoms with Crippen LogP contribution in [0.1, 0.15) is 6.42 Å². The van der Waals surface area contributed by atoms with Crippen LogP contribution >= 0.6 is 0 Å². The topological polar surface area (TPSA) is 64.1 Å². The molecule has 0 heterocycles. The maximum Gasteiger partial charge on any atom is 0.163 e. The summed E-state index contributed by atoms with van der Waals surface area (Å²) in [6.07, 6.45) is -0.813. The van der Waals surface area contributed by atoms with Crippen LogP contribution in [0, 0.1) is 0 Å². The van der Waals surface area contributed by atoms with E-state index in [2.05, 4.69) is 5.32 Å². The first-order valence-corrected chi connectivity index (χ1v) is 2.98. The number of hydrogen-bond acceptors (Lipinski definition) is 3. The summed E-state index contributed by atoms with van der Waals surface area (Å²) in [4.78, 5) is 0. The zero-order valence-corrected chi connectivity index (χ0v) is 5.60. The summed E-state index contributed by atoms with van der Waals surface area (Å²) in [6.45, 7) is 0.707. The van der Waals surface area contributed by atoms with Gasteiger partial charge in [0.2, 0.25) is 0 Å². The predicted molar refractivity (Wildman–Crippen MR) is 35.6 cm³/mol. The molecule has 9 heavy (non-hydrogen) atoms. The van der Waals surface area contributed by atoms with Crippen molar-refractivity contribution in [2.75, 3.05) is 13.6 Å². The number of halogens is 1. The summed E-state index contributed by atoms with van der Waals surface area (Å²) >= 11 is 0. The minimum atomic E-state index is -1.39.